The Morgan fingerprint density at radius 3 is 2.57 bits per heavy atom. The maximum atomic E-state index is 12.5. The molecule has 0 unspecified atom stereocenters. The van der Waals surface area contributed by atoms with Crippen molar-refractivity contribution < 1.29 is 4.79 Å². The third kappa shape index (κ3) is 2.22. The van der Waals surface area contributed by atoms with E-state index in [4.69, 9.17) is 5.73 Å². The molecular formula is C16H14N6O. The second-order valence-electron chi connectivity index (χ2n) is 5.40. The summed E-state index contributed by atoms with van der Waals surface area (Å²) < 4.78 is 1.80. The minimum atomic E-state index is -0.109. The molecule has 3 heterocycles. The number of aryl methyl sites for hydroxylation is 1. The van der Waals surface area contributed by atoms with Gasteiger partial charge in [0.1, 0.15) is 0 Å². The molecule has 23 heavy (non-hydrogen) atoms. The number of nitrogens with two attached hydrogens (primary N) is 1. The molecule has 2 aromatic heterocycles. The molecule has 0 fully saturated rings. The summed E-state index contributed by atoms with van der Waals surface area (Å²) in [5, 5.41) is 4.37. The fraction of sp³-hybridized carbons (Fsp3) is 0.125. The number of amides is 1. The Labute approximate surface area is 132 Å². The first kappa shape index (κ1) is 13.4. The zero-order valence-corrected chi connectivity index (χ0v) is 12.5. The molecule has 114 valence electrons. The van der Waals surface area contributed by atoms with Crippen LogP contribution in [-0.2, 0) is 6.54 Å². The van der Waals surface area contributed by atoms with E-state index in [-0.39, 0.29) is 11.9 Å². The van der Waals surface area contributed by atoms with Gasteiger partial charge in [-0.3, -0.25) is 4.79 Å². The van der Waals surface area contributed by atoms with Crippen LogP contribution in [0.25, 0.3) is 5.69 Å². The highest BCUT2D eigenvalue weighted by Crippen LogP contribution is 2.27. The van der Waals surface area contributed by atoms with Crippen LogP contribution in [0.2, 0.25) is 0 Å². The minimum absolute atomic E-state index is 0.109. The monoisotopic (exact) mass is 306 g/mol. The van der Waals surface area contributed by atoms with Crippen LogP contribution in [-0.4, -0.2) is 25.7 Å². The smallest absolute Gasteiger partial charge is 0.262 e. The molecule has 1 aromatic carbocycles. The summed E-state index contributed by atoms with van der Waals surface area (Å²) in [7, 11) is 0. The summed E-state index contributed by atoms with van der Waals surface area (Å²) in [5.74, 6) is 0.0745. The summed E-state index contributed by atoms with van der Waals surface area (Å²) in [6.45, 7) is 2.35. The number of anilines is 2. The van der Waals surface area contributed by atoms with Gasteiger partial charge in [-0.05, 0) is 37.3 Å². The molecule has 4 rings (SSSR count). The van der Waals surface area contributed by atoms with Gasteiger partial charge in [-0.2, -0.15) is 5.10 Å². The number of carbonyl (C=O) groups excluding carboxylic acids is 1. The number of hydrogen-bond donors (Lipinski definition) is 1. The molecule has 0 saturated carbocycles. The molecule has 0 spiro atoms. The lowest BCUT2D eigenvalue weighted by atomic mass is 10.2. The molecule has 1 amide bonds. The fourth-order valence-electron chi connectivity index (χ4n) is 2.65. The Bertz CT molecular complexity index is 899. The predicted molar refractivity (Wildman–Crippen MR) is 85.3 cm³/mol. The zero-order valence-electron chi connectivity index (χ0n) is 12.5. The minimum Gasteiger partial charge on any atom is -0.368 e. The van der Waals surface area contributed by atoms with Crippen molar-refractivity contribution in [3.63, 3.8) is 0 Å². The number of aromatic nitrogens is 4. The van der Waals surface area contributed by atoms with Crippen molar-refractivity contribution in [1.82, 2.24) is 19.7 Å². The third-order valence-corrected chi connectivity index (χ3v) is 3.82. The molecule has 7 nitrogen and oxygen atoms in total. The van der Waals surface area contributed by atoms with Crippen molar-refractivity contribution in [2.24, 2.45) is 0 Å². The van der Waals surface area contributed by atoms with Gasteiger partial charge in [0.05, 0.1) is 29.2 Å². The van der Waals surface area contributed by atoms with Gasteiger partial charge in [0.15, 0.2) is 0 Å². The van der Waals surface area contributed by atoms with Crippen molar-refractivity contribution in [3.8, 4) is 5.69 Å². The highest BCUT2D eigenvalue weighted by molar-refractivity contribution is 6.09. The van der Waals surface area contributed by atoms with E-state index in [2.05, 4.69) is 15.1 Å². The van der Waals surface area contributed by atoms with Gasteiger partial charge in [-0.25, -0.2) is 14.6 Å². The summed E-state index contributed by atoms with van der Waals surface area (Å²) in [6, 6.07) is 9.59. The maximum Gasteiger partial charge on any atom is 0.262 e. The number of fused-ring (bicyclic) bond motifs is 1. The Morgan fingerprint density at radius 2 is 1.87 bits per heavy atom. The van der Waals surface area contributed by atoms with E-state index >= 15 is 0 Å². The van der Waals surface area contributed by atoms with E-state index < -0.39 is 0 Å². The number of rotatable bonds is 2. The van der Waals surface area contributed by atoms with Gasteiger partial charge in [-0.1, -0.05) is 0 Å². The van der Waals surface area contributed by atoms with Crippen LogP contribution in [0.3, 0.4) is 0 Å². The highest BCUT2D eigenvalue weighted by atomic mass is 16.2. The first-order chi connectivity index (χ1) is 11.1. The van der Waals surface area contributed by atoms with Crippen LogP contribution in [0.15, 0.2) is 42.7 Å². The van der Waals surface area contributed by atoms with Crippen LogP contribution in [0.1, 0.15) is 21.7 Å². The van der Waals surface area contributed by atoms with Crippen LogP contribution in [0.4, 0.5) is 11.6 Å². The quantitative estimate of drug-likeness (QED) is 0.778. The molecule has 3 aromatic rings. The molecular weight excluding hydrogens is 292 g/mol. The molecule has 1 aliphatic rings. The van der Waals surface area contributed by atoms with Crippen LogP contribution in [0, 0.1) is 6.92 Å². The van der Waals surface area contributed by atoms with E-state index in [1.807, 2.05) is 43.5 Å². The molecule has 7 heteroatoms. The number of carbonyl (C=O) groups is 1. The van der Waals surface area contributed by atoms with Crippen molar-refractivity contribution >= 4 is 17.5 Å². The fourth-order valence-corrected chi connectivity index (χ4v) is 2.65. The van der Waals surface area contributed by atoms with Gasteiger partial charge in [-0.15, -0.1) is 0 Å². The summed E-state index contributed by atoms with van der Waals surface area (Å²) in [4.78, 5) is 22.1. The average Bonchev–Trinajstić information content (AvgIpc) is 3.11. The maximum absolute atomic E-state index is 12.5. The second-order valence-corrected chi connectivity index (χ2v) is 5.40. The number of hydrogen-bond acceptors (Lipinski definition) is 5. The summed E-state index contributed by atoms with van der Waals surface area (Å²) >= 11 is 0. The van der Waals surface area contributed by atoms with Crippen LogP contribution in [0.5, 0.6) is 0 Å². The van der Waals surface area contributed by atoms with Crippen molar-refractivity contribution in [3.05, 3.63) is 59.7 Å². The molecule has 0 saturated heterocycles. The van der Waals surface area contributed by atoms with Crippen LogP contribution < -0.4 is 10.6 Å². The first-order valence-corrected chi connectivity index (χ1v) is 7.18. The third-order valence-electron chi connectivity index (χ3n) is 3.82. The number of nitrogens with zero attached hydrogens (tertiary/aromatic N) is 5. The van der Waals surface area contributed by atoms with Crippen molar-refractivity contribution in [2.45, 2.75) is 13.5 Å². The lowest BCUT2D eigenvalue weighted by molar-refractivity contribution is 0.0996. The lowest BCUT2D eigenvalue weighted by Crippen LogP contribution is -2.22. The average molecular weight is 306 g/mol. The molecule has 2 N–H and O–H groups in total. The normalized spacial score (nSPS) is 13.4. The molecule has 0 aliphatic carbocycles. The molecule has 1 aliphatic heterocycles. The number of benzene rings is 1. The topological polar surface area (TPSA) is 89.9 Å². The Hall–Kier alpha value is -3.22. The standard InChI is InChI=1S/C16H14N6O/c1-10-6-7-22(20-10)12-4-2-11(3-5-12)21-9-14-13(15(21)23)8-18-16(17)19-14/h2-8H,9H2,1H3,(H2,17,18,19). The molecule has 0 bridgehead atoms. The predicted octanol–water partition coefficient (Wildman–Crippen LogP) is 1.71. The van der Waals surface area contributed by atoms with E-state index in [1.165, 1.54) is 6.20 Å². The summed E-state index contributed by atoms with van der Waals surface area (Å²) in [6.07, 6.45) is 3.39. The van der Waals surface area contributed by atoms with Gasteiger partial charge < -0.3 is 10.6 Å². The molecule has 0 atom stereocenters. The van der Waals surface area contributed by atoms with E-state index in [0.29, 0.717) is 17.8 Å². The first-order valence-electron chi connectivity index (χ1n) is 7.18. The van der Waals surface area contributed by atoms with E-state index in [1.54, 1.807) is 9.58 Å². The van der Waals surface area contributed by atoms with Gasteiger partial charge >= 0.3 is 0 Å². The van der Waals surface area contributed by atoms with E-state index in [0.717, 1.165) is 17.1 Å². The van der Waals surface area contributed by atoms with Gasteiger partial charge in [0.25, 0.3) is 5.91 Å². The van der Waals surface area contributed by atoms with Gasteiger partial charge in [0, 0.05) is 18.1 Å². The SMILES string of the molecule is Cc1ccn(-c2ccc(N3Cc4nc(N)ncc4C3=O)cc2)n1. The zero-order chi connectivity index (χ0) is 16.0. The highest BCUT2D eigenvalue weighted by Gasteiger charge is 2.30. The Balaban J connectivity index is 1.63. The Morgan fingerprint density at radius 1 is 1.13 bits per heavy atom. The van der Waals surface area contributed by atoms with Crippen LogP contribution >= 0.6 is 0 Å². The lowest BCUT2D eigenvalue weighted by Gasteiger charge is -2.15. The van der Waals surface area contributed by atoms with Gasteiger partial charge in [0.2, 0.25) is 5.95 Å². The van der Waals surface area contributed by atoms with Crippen molar-refractivity contribution in [2.75, 3.05) is 10.6 Å². The van der Waals surface area contributed by atoms with Crippen molar-refractivity contribution in [1.29, 1.82) is 0 Å². The largest absolute Gasteiger partial charge is 0.368 e. The molecule has 0 radical (unpaired) electrons. The second kappa shape index (κ2) is 4.91. The Kier molecular flexibility index (Phi) is 2.87. The van der Waals surface area contributed by atoms with E-state index in [9.17, 15) is 4.79 Å². The number of nitrogen functional groups attached to an aromatic ring is 1. The summed E-state index contributed by atoms with van der Waals surface area (Å²) in [5.41, 5.74) is 9.45.